The lowest BCUT2D eigenvalue weighted by Gasteiger charge is -2.09. The largest absolute Gasteiger partial charge is 0.307 e. The minimum Gasteiger partial charge on any atom is -0.307 e. The predicted molar refractivity (Wildman–Crippen MR) is 64.3 cm³/mol. The van der Waals surface area contributed by atoms with Gasteiger partial charge < -0.3 is 5.32 Å². The molecule has 1 unspecified atom stereocenters. The number of hydrogen-bond acceptors (Lipinski definition) is 3. The zero-order chi connectivity index (χ0) is 12.1. The van der Waals surface area contributed by atoms with E-state index in [0.717, 1.165) is 5.56 Å². The fourth-order valence-electron chi connectivity index (χ4n) is 1.32. The number of nitrogens with one attached hydrogen (secondary N) is 1. The van der Waals surface area contributed by atoms with Crippen molar-refractivity contribution < 1.29 is 4.92 Å². The quantitative estimate of drug-likeness (QED) is 0.471. The number of nitro groups is 1. The molecule has 0 fully saturated rings. The molecule has 1 aromatic rings. The Morgan fingerprint density at radius 3 is 2.88 bits per heavy atom. The van der Waals surface area contributed by atoms with Crippen molar-refractivity contribution in [1.29, 1.82) is 0 Å². The molecule has 16 heavy (non-hydrogen) atoms. The number of nitrogens with zero attached hydrogens (tertiary/aromatic N) is 1. The molecule has 0 radical (unpaired) electrons. The number of aryl methyl sites for hydroxylation is 1. The van der Waals surface area contributed by atoms with Gasteiger partial charge in [-0.05, 0) is 19.4 Å². The minimum absolute atomic E-state index is 0.172. The Kier molecular flexibility index (Phi) is 4.19. The lowest BCUT2D eigenvalue weighted by Crippen LogP contribution is -2.22. The molecule has 0 aromatic heterocycles. The highest BCUT2D eigenvalue weighted by Crippen LogP contribution is 2.19. The first-order chi connectivity index (χ1) is 7.54. The molecule has 0 bridgehead atoms. The van der Waals surface area contributed by atoms with Gasteiger partial charge >= 0.3 is 0 Å². The third-order valence-corrected chi connectivity index (χ3v) is 2.45. The third-order valence-electron chi connectivity index (χ3n) is 2.45. The molecule has 0 heterocycles. The summed E-state index contributed by atoms with van der Waals surface area (Å²) in [4.78, 5) is 10.4. The van der Waals surface area contributed by atoms with Crippen molar-refractivity contribution in [2.75, 3.05) is 0 Å². The summed E-state index contributed by atoms with van der Waals surface area (Å²) in [5, 5.41) is 13.9. The molecule has 4 heteroatoms. The van der Waals surface area contributed by atoms with Crippen LogP contribution in [0.15, 0.2) is 30.9 Å². The van der Waals surface area contributed by atoms with Crippen LogP contribution < -0.4 is 5.32 Å². The highest BCUT2D eigenvalue weighted by atomic mass is 16.6. The van der Waals surface area contributed by atoms with Crippen LogP contribution in [0.2, 0.25) is 0 Å². The van der Waals surface area contributed by atoms with Gasteiger partial charge in [-0.2, -0.15) is 0 Å². The van der Waals surface area contributed by atoms with Crippen LogP contribution in [0.1, 0.15) is 18.1 Å². The van der Waals surface area contributed by atoms with Crippen LogP contribution in [0.25, 0.3) is 0 Å². The van der Waals surface area contributed by atoms with Crippen molar-refractivity contribution in [2.24, 2.45) is 0 Å². The van der Waals surface area contributed by atoms with Crippen LogP contribution in [0.4, 0.5) is 5.69 Å². The first-order valence-electron chi connectivity index (χ1n) is 5.14. The number of hydrogen-bond donors (Lipinski definition) is 1. The Bertz CT molecular complexity index is 402. The van der Waals surface area contributed by atoms with Gasteiger partial charge in [0.05, 0.1) is 4.92 Å². The highest BCUT2D eigenvalue weighted by Gasteiger charge is 2.10. The van der Waals surface area contributed by atoms with Crippen LogP contribution in [-0.2, 0) is 6.54 Å². The van der Waals surface area contributed by atoms with E-state index in [2.05, 4.69) is 11.9 Å². The van der Waals surface area contributed by atoms with E-state index >= 15 is 0 Å². The molecule has 1 aromatic carbocycles. The van der Waals surface area contributed by atoms with Gasteiger partial charge in [0.1, 0.15) is 0 Å². The van der Waals surface area contributed by atoms with E-state index in [9.17, 15) is 10.1 Å². The zero-order valence-electron chi connectivity index (χ0n) is 9.56. The Morgan fingerprint density at radius 2 is 2.31 bits per heavy atom. The summed E-state index contributed by atoms with van der Waals surface area (Å²) in [6.07, 6.45) is 1.79. The first kappa shape index (κ1) is 12.4. The Morgan fingerprint density at radius 1 is 1.62 bits per heavy atom. The second-order valence-corrected chi connectivity index (χ2v) is 3.78. The monoisotopic (exact) mass is 220 g/mol. The van der Waals surface area contributed by atoms with E-state index in [-0.39, 0.29) is 16.7 Å². The van der Waals surface area contributed by atoms with E-state index in [1.165, 1.54) is 0 Å². The Balaban J connectivity index is 2.79. The first-order valence-corrected chi connectivity index (χ1v) is 5.14. The van der Waals surface area contributed by atoms with E-state index in [4.69, 9.17) is 0 Å². The van der Waals surface area contributed by atoms with E-state index in [1.807, 2.05) is 13.0 Å². The van der Waals surface area contributed by atoms with Crippen molar-refractivity contribution in [3.05, 3.63) is 52.1 Å². The molecular weight excluding hydrogens is 204 g/mol. The number of rotatable bonds is 5. The smallest absolute Gasteiger partial charge is 0.272 e. The minimum atomic E-state index is -0.351. The Hall–Kier alpha value is -1.68. The topological polar surface area (TPSA) is 55.2 Å². The molecule has 86 valence electrons. The maximum absolute atomic E-state index is 10.7. The van der Waals surface area contributed by atoms with Gasteiger partial charge in [-0.25, -0.2) is 0 Å². The second-order valence-electron chi connectivity index (χ2n) is 3.78. The lowest BCUT2D eigenvalue weighted by molar-refractivity contribution is -0.385. The molecule has 0 aliphatic heterocycles. The maximum atomic E-state index is 10.7. The average Bonchev–Trinajstić information content (AvgIpc) is 2.27. The third kappa shape index (κ3) is 3.17. The molecule has 1 atom stereocenters. The Labute approximate surface area is 95.1 Å². The van der Waals surface area contributed by atoms with Crippen molar-refractivity contribution >= 4 is 5.69 Å². The van der Waals surface area contributed by atoms with Gasteiger partial charge in [-0.3, -0.25) is 10.1 Å². The van der Waals surface area contributed by atoms with Gasteiger partial charge in [0.15, 0.2) is 0 Å². The van der Waals surface area contributed by atoms with Crippen molar-refractivity contribution in [3.63, 3.8) is 0 Å². The van der Waals surface area contributed by atoms with Gasteiger partial charge in [0.25, 0.3) is 5.69 Å². The molecule has 0 spiro atoms. The number of benzene rings is 1. The van der Waals surface area contributed by atoms with Crippen molar-refractivity contribution in [2.45, 2.75) is 26.4 Å². The summed E-state index contributed by atoms with van der Waals surface area (Å²) in [5.74, 6) is 0. The zero-order valence-corrected chi connectivity index (χ0v) is 9.56. The SMILES string of the molecule is C=CC(C)NCc1ccc(C)c([N+](=O)[O-])c1. The lowest BCUT2D eigenvalue weighted by atomic mass is 10.1. The summed E-state index contributed by atoms with van der Waals surface area (Å²) in [6, 6.07) is 5.47. The average molecular weight is 220 g/mol. The molecule has 0 amide bonds. The predicted octanol–water partition coefficient (Wildman–Crippen LogP) is 2.57. The highest BCUT2D eigenvalue weighted by molar-refractivity contribution is 5.42. The van der Waals surface area contributed by atoms with Crippen LogP contribution >= 0.6 is 0 Å². The van der Waals surface area contributed by atoms with Gasteiger partial charge in [-0.1, -0.05) is 18.2 Å². The summed E-state index contributed by atoms with van der Waals surface area (Å²) < 4.78 is 0. The number of nitro benzene ring substituents is 1. The fraction of sp³-hybridized carbons (Fsp3) is 0.333. The molecule has 0 aliphatic rings. The van der Waals surface area contributed by atoms with Gasteiger partial charge in [0.2, 0.25) is 0 Å². The normalized spacial score (nSPS) is 12.1. The van der Waals surface area contributed by atoms with Crippen molar-refractivity contribution in [1.82, 2.24) is 5.32 Å². The van der Waals surface area contributed by atoms with Crippen LogP contribution in [-0.4, -0.2) is 11.0 Å². The molecule has 1 N–H and O–H groups in total. The van der Waals surface area contributed by atoms with E-state index in [1.54, 1.807) is 25.1 Å². The maximum Gasteiger partial charge on any atom is 0.272 e. The summed E-state index contributed by atoms with van der Waals surface area (Å²) >= 11 is 0. The summed E-state index contributed by atoms with van der Waals surface area (Å²) in [5.41, 5.74) is 1.77. The van der Waals surface area contributed by atoms with Crippen LogP contribution in [0.5, 0.6) is 0 Å². The molecule has 0 saturated heterocycles. The molecular formula is C12H16N2O2. The molecule has 0 aliphatic carbocycles. The van der Waals surface area contributed by atoms with Crippen LogP contribution in [0, 0.1) is 17.0 Å². The fourth-order valence-corrected chi connectivity index (χ4v) is 1.32. The van der Waals surface area contributed by atoms with Crippen molar-refractivity contribution in [3.8, 4) is 0 Å². The van der Waals surface area contributed by atoms with E-state index in [0.29, 0.717) is 12.1 Å². The van der Waals surface area contributed by atoms with E-state index < -0.39 is 0 Å². The molecule has 4 nitrogen and oxygen atoms in total. The van der Waals surface area contributed by atoms with Gasteiger partial charge in [-0.15, -0.1) is 6.58 Å². The molecule has 1 rings (SSSR count). The van der Waals surface area contributed by atoms with Gasteiger partial charge in [0, 0.05) is 24.2 Å². The standard InChI is InChI=1S/C12H16N2O2/c1-4-10(3)13-8-11-6-5-9(2)12(7-11)14(15)16/h4-7,10,13H,1,8H2,2-3H3. The summed E-state index contributed by atoms with van der Waals surface area (Å²) in [6.45, 7) is 7.99. The molecule has 0 saturated carbocycles. The van der Waals surface area contributed by atoms with Crippen LogP contribution in [0.3, 0.4) is 0 Å². The second kappa shape index (κ2) is 5.42. The summed E-state index contributed by atoms with van der Waals surface area (Å²) in [7, 11) is 0.